The van der Waals surface area contributed by atoms with Gasteiger partial charge >= 0.3 is 0 Å². The normalized spacial score (nSPS) is 9.31. The molecule has 2 rings (SSSR count). The van der Waals surface area contributed by atoms with Crippen LogP contribution in [0.5, 0.6) is 0 Å². The number of benzene rings is 1. The summed E-state index contributed by atoms with van der Waals surface area (Å²) in [6.45, 7) is 1.99. The average molecular weight is 226 g/mol. The number of Topliss-reactive ketones (excluding diaryl/α,β-unsaturated/α-hetero) is 1. The smallest absolute Gasteiger partial charge is 0.236 e. The van der Waals surface area contributed by atoms with Crippen LogP contribution >= 0.6 is 11.3 Å². The molecule has 0 aliphatic heterocycles. The fourth-order valence-corrected chi connectivity index (χ4v) is 1.82. The fraction of sp³-hybridized carbons (Fsp3) is 0.0714. The van der Waals surface area contributed by atoms with Gasteiger partial charge in [-0.05, 0) is 30.2 Å². The van der Waals surface area contributed by atoms with E-state index in [1.807, 2.05) is 36.6 Å². The summed E-state index contributed by atoms with van der Waals surface area (Å²) >= 11 is 1.54. The highest BCUT2D eigenvalue weighted by molar-refractivity contribution is 7.10. The van der Waals surface area contributed by atoms with Crippen molar-refractivity contribution >= 4 is 17.1 Å². The summed E-state index contributed by atoms with van der Waals surface area (Å²) in [4.78, 5) is 12.6. The molecule has 0 saturated heterocycles. The molecule has 1 nitrogen and oxygen atoms in total. The molecular formula is C14H10OS. The lowest BCUT2D eigenvalue weighted by atomic mass is 10.1. The molecule has 0 aliphatic rings. The van der Waals surface area contributed by atoms with E-state index in [1.54, 1.807) is 12.1 Å². The van der Waals surface area contributed by atoms with Gasteiger partial charge in [-0.2, -0.15) is 0 Å². The van der Waals surface area contributed by atoms with Crippen molar-refractivity contribution in [3.05, 3.63) is 57.8 Å². The first-order chi connectivity index (χ1) is 7.75. The van der Waals surface area contributed by atoms with E-state index in [9.17, 15) is 4.79 Å². The Balaban J connectivity index is 2.17. The van der Waals surface area contributed by atoms with Crippen molar-refractivity contribution < 1.29 is 4.79 Å². The van der Waals surface area contributed by atoms with Crippen molar-refractivity contribution in [3.8, 4) is 11.8 Å². The second-order valence-corrected chi connectivity index (χ2v) is 4.37. The quantitative estimate of drug-likeness (QED) is 0.538. The Hall–Kier alpha value is -1.85. The molecule has 0 fully saturated rings. The van der Waals surface area contributed by atoms with Gasteiger partial charge in [0.2, 0.25) is 5.78 Å². The fourth-order valence-electron chi connectivity index (χ4n) is 1.25. The summed E-state index contributed by atoms with van der Waals surface area (Å²) < 4.78 is 0. The van der Waals surface area contributed by atoms with Crippen LogP contribution in [0.25, 0.3) is 0 Å². The van der Waals surface area contributed by atoms with Crippen LogP contribution in [0, 0.1) is 18.8 Å². The molecule has 0 N–H and O–H groups in total. The van der Waals surface area contributed by atoms with Crippen molar-refractivity contribution in [2.75, 3.05) is 0 Å². The highest BCUT2D eigenvalue weighted by Crippen LogP contribution is 2.07. The van der Waals surface area contributed by atoms with Crippen molar-refractivity contribution in [1.82, 2.24) is 0 Å². The molecule has 1 aromatic heterocycles. The van der Waals surface area contributed by atoms with E-state index in [0.717, 1.165) is 10.4 Å². The van der Waals surface area contributed by atoms with Crippen LogP contribution in [0.3, 0.4) is 0 Å². The van der Waals surface area contributed by atoms with Gasteiger partial charge in [0.1, 0.15) is 0 Å². The second-order valence-electron chi connectivity index (χ2n) is 3.42. The van der Waals surface area contributed by atoms with E-state index in [-0.39, 0.29) is 5.78 Å². The van der Waals surface area contributed by atoms with Gasteiger partial charge in [0.05, 0.1) is 4.88 Å². The van der Waals surface area contributed by atoms with Gasteiger partial charge < -0.3 is 0 Å². The minimum Gasteiger partial charge on any atom is -0.279 e. The summed E-state index contributed by atoms with van der Waals surface area (Å²) in [7, 11) is 0. The third-order valence-corrected chi connectivity index (χ3v) is 2.92. The summed E-state index contributed by atoms with van der Waals surface area (Å²) in [6.07, 6.45) is 0. The molecule has 16 heavy (non-hydrogen) atoms. The van der Waals surface area contributed by atoms with Gasteiger partial charge in [0.25, 0.3) is 0 Å². The molecule has 1 heterocycles. The maximum Gasteiger partial charge on any atom is 0.236 e. The zero-order chi connectivity index (χ0) is 11.4. The number of carbonyl (C=O) groups excluding carboxylic acids is 1. The molecule has 0 aliphatic carbocycles. The van der Waals surface area contributed by atoms with Gasteiger partial charge in [-0.1, -0.05) is 35.9 Å². The van der Waals surface area contributed by atoms with Crippen molar-refractivity contribution in [3.63, 3.8) is 0 Å². The van der Waals surface area contributed by atoms with Gasteiger partial charge in [-0.15, -0.1) is 11.3 Å². The molecule has 2 heteroatoms. The SMILES string of the molecule is Cc1ccc(C(=O)C#Cc2cccs2)cc1. The highest BCUT2D eigenvalue weighted by Gasteiger charge is 2.00. The van der Waals surface area contributed by atoms with Gasteiger partial charge in [-0.25, -0.2) is 0 Å². The Labute approximate surface area is 98.7 Å². The second kappa shape index (κ2) is 4.78. The summed E-state index contributed by atoms with van der Waals surface area (Å²) in [5.41, 5.74) is 1.79. The maximum absolute atomic E-state index is 11.7. The Morgan fingerprint density at radius 3 is 2.56 bits per heavy atom. The van der Waals surface area contributed by atoms with Gasteiger partial charge in [0.15, 0.2) is 0 Å². The van der Waals surface area contributed by atoms with E-state index in [4.69, 9.17) is 0 Å². The Bertz CT molecular complexity index is 539. The molecule has 0 radical (unpaired) electrons. The third-order valence-electron chi connectivity index (χ3n) is 2.13. The van der Waals surface area contributed by atoms with E-state index < -0.39 is 0 Å². The predicted molar refractivity (Wildman–Crippen MR) is 66.7 cm³/mol. The number of thiophene rings is 1. The van der Waals surface area contributed by atoms with Crippen molar-refractivity contribution in [2.45, 2.75) is 6.92 Å². The van der Waals surface area contributed by atoms with Crippen LogP contribution in [-0.2, 0) is 0 Å². The van der Waals surface area contributed by atoms with E-state index >= 15 is 0 Å². The highest BCUT2D eigenvalue weighted by atomic mass is 32.1. The molecule has 0 spiro atoms. The van der Waals surface area contributed by atoms with E-state index in [2.05, 4.69) is 11.8 Å². The zero-order valence-corrected chi connectivity index (χ0v) is 9.67. The number of hydrogen-bond acceptors (Lipinski definition) is 2. The van der Waals surface area contributed by atoms with E-state index in [1.165, 1.54) is 11.3 Å². The maximum atomic E-state index is 11.7. The van der Waals surface area contributed by atoms with Gasteiger partial charge in [0, 0.05) is 5.56 Å². The summed E-state index contributed by atoms with van der Waals surface area (Å²) in [6, 6.07) is 11.3. The number of carbonyl (C=O) groups is 1. The summed E-state index contributed by atoms with van der Waals surface area (Å²) in [5.74, 6) is 5.37. The molecule has 0 amide bonds. The van der Waals surface area contributed by atoms with Crippen LogP contribution in [0.1, 0.15) is 20.8 Å². The van der Waals surface area contributed by atoms with Crippen molar-refractivity contribution in [1.29, 1.82) is 0 Å². The lowest BCUT2D eigenvalue weighted by Gasteiger charge is -1.94. The number of aryl methyl sites for hydroxylation is 1. The molecule has 0 atom stereocenters. The van der Waals surface area contributed by atoms with Crippen LogP contribution in [0.15, 0.2) is 41.8 Å². The molecule has 0 unspecified atom stereocenters. The summed E-state index contributed by atoms with van der Waals surface area (Å²) in [5, 5.41) is 1.94. The van der Waals surface area contributed by atoms with Crippen LogP contribution in [0.4, 0.5) is 0 Å². The Morgan fingerprint density at radius 2 is 1.94 bits per heavy atom. The molecule has 0 saturated carbocycles. The Kier molecular flexibility index (Phi) is 3.19. The number of hydrogen-bond donors (Lipinski definition) is 0. The number of rotatable bonds is 1. The molecular weight excluding hydrogens is 216 g/mol. The number of ketones is 1. The third kappa shape index (κ3) is 2.59. The largest absolute Gasteiger partial charge is 0.279 e. The van der Waals surface area contributed by atoms with Crippen LogP contribution in [0.2, 0.25) is 0 Å². The monoisotopic (exact) mass is 226 g/mol. The van der Waals surface area contributed by atoms with Crippen molar-refractivity contribution in [2.24, 2.45) is 0 Å². The lowest BCUT2D eigenvalue weighted by molar-refractivity contribution is 0.105. The Morgan fingerprint density at radius 1 is 1.19 bits per heavy atom. The molecule has 2 aromatic rings. The predicted octanol–water partition coefficient (Wildman–Crippen LogP) is 3.29. The average Bonchev–Trinajstić information content (AvgIpc) is 2.80. The standard InChI is InChI=1S/C14H10OS/c1-11-4-6-12(7-5-11)14(15)9-8-13-3-2-10-16-13/h2-7,10H,1H3. The molecule has 1 aromatic carbocycles. The van der Waals surface area contributed by atoms with E-state index in [0.29, 0.717) is 5.56 Å². The first-order valence-electron chi connectivity index (χ1n) is 4.92. The lowest BCUT2D eigenvalue weighted by Crippen LogP contribution is -1.94. The van der Waals surface area contributed by atoms with Crippen LogP contribution in [-0.4, -0.2) is 5.78 Å². The minimum absolute atomic E-state index is 0.131. The van der Waals surface area contributed by atoms with Crippen LogP contribution < -0.4 is 0 Å². The minimum atomic E-state index is -0.131. The zero-order valence-electron chi connectivity index (χ0n) is 8.86. The van der Waals surface area contributed by atoms with Gasteiger partial charge in [-0.3, -0.25) is 4.79 Å². The first kappa shape index (κ1) is 10.7. The molecule has 0 bridgehead atoms. The molecule has 78 valence electrons. The first-order valence-corrected chi connectivity index (χ1v) is 5.80. The topological polar surface area (TPSA) is 17.1 Å².